The zero-order chi connectivity index (χ0) is 28.8. The van der Waals surface area contributed by atoms with Gasteiger partial charge in [-0.2, -0.15) is 0 Å². The van der Waals surface area contributed by atoms with Gasteiger partial charge in [-0.3, -0.25) is 4.79 Å². The summed E-state index contributed by atoms with van der Waals surface area (Å²) in [6.07, 6.45) is 2.19. The van der Waals surface area contributed by atoms with Crippen molar-refractivity contribution in [3.63, 3.8) is 0 Å². The monoisotopic (exact) mass is 558 g/mol. The highest BCUT2D eigenvalue weighted by Crippen LogP contribution is 2.46. The molecule has 2 atom stereocenters. The van der Waals surface area contributed by atoms with E-state index in [9.17, 15) is 4.79 Å². The van der Waals surface area contributed by atoms with Crippen LogP contribution >= 0.6 is 0 Å². The number of hydrogen-bond acceptors (Lipinski definition) is 5. The molecule has 1 aliphatic heterocycles. The van der Waals surface area contributed by atoms with Crippen molar-refractivity contribution in [1.29, 1.82) is 0 Å². The third-order valence-corrected chi connectivity index (χ3v) is 13.4. The van der Waals surface area contributed by atoms with Gasteiger partial charge in [-0.15, -0.1) is 0 Å². The molecular weight excluding hydrogens is 516 g/mol. The van der Waals surface area contributed by atoms with Gasteiger partial charge in [0, 0.05) is 17.5 Å². The highest BCUT2D eigenvalue weighted by molar-refractivity contribution is 6.74. The fraction of sp³-hybridized carbons (Fsp3) is 0.441. The van der Waals surface area contributed by atoms with Gasteiger partial charge in [0.05, 0.1) is 20.1 Å². The van der Waals surface area contributed by atoms with Gasteiger partial charge in [0.15, 0.2) is 0 Å². The molecular formula is C34H42O5Si. The van der Waals surface area contributed by atoms with Gasteiger partial charge in [-0.25, -0.2) is 0 Å². The molecule has 0 saturated carbocycles. The number of fused-ring (bicyclic) bond motifs is 2. The Morgan fingerprint density at radius 3 is 2.55 bits per heavy atom. The lowest BCUT2D eigenvalue weighted by Gasteiger charge is -2.37. The number of esters is 1. The number of ether oxygens (including phenoxy) is 3. The van der Waals surface area contributed by atoms with E-state index in [0.717, 1.165) is 35.7 Å². The minimum Gasteiger partial charge on any atom is -0.543 e. The summed E-state index contributed by atoms with van der Waals surface area (Å²) in [4.78, 5) is 11.8. The van der Waals surface area contributed by atoms with Gasteiger partial charge in [0.1, 0.15) is 23.4 Å². The van der Waals surface area contributed by atoms with Crippen molar-refractivity contribution in [2.75, 3.05) is 13.7 Å². The van der Waals surface area contributed by atoms with Crippen molar-refractivity contribution >= 4 is 14.3 Å². The predicted molar refractivity (Wildman–Crippen MR) is 162 cm³/mol. The van der Waals surface area contributed by atoms with Crippen molar-refractivity contribution in [3.05, 3.63) is 76.3 Å². The Bertz CT molecular complexity index is 1430. The second kappa shape index (κ2) is 10.6. The average Bonchev–Trinajstić information content (AvgIpc) is 3.49. The highest BCUT2D eigenvalue weighted by Gasteiger charge is 2.39. The lowest BCUT2D eigenvalue weighted by Crippen LogP contribution is -2.44. The third kappa shape index (κ3) is 5.26. The summed E-state index contributed by atoms with van der Waals surface area (Å²) in [7, 11) is -0.548. The van der Waals surface area contributed by atoms with Crippen molar-refractivity contribution in [3.8, 4) is 28.4 Å². The van der Waals surface area contributed by atoms with Crippen LogP contribution in [0.1, 0.15) is 73.5 Å². The predicted octanol–water partition coefficient (Wildman–Crippen LogP) is 8.46. The van der Waals surface area contributed by atoms with Crippen molar-refractivity contribution in [2.24, 2.45) is 0 Å². The van der Waals surface area contributed by atoms with Gasteiger partial charge < -0.3 is 18.6 Å². The Labute approximate surface area is 239 Å². The molecule has 5 rings (SSSR count). The van der Waals surface area contributed by atoms with Crippen LogP contribution in [0.4, 0.5) is 0 Å². The highest BCUT2D eigenvalue weighted by atomic mass is 28.4. The Morgan fingerprint density at radius 2 is 1.82 bits per heavy atom. The first-order valence-electron chi connectivity index (χ1n) is 14.3. The van der Waals surface area contributed by atoms with Crippen LogP contribution < -0.4 is 13.9 Å². The van der Waals surface area contributed by atoms with E-state index in [0.29, 0.717) is 13.0 Å². The van der Waals surface area contributed by atoms with Gasteiger partial charge >= 0.3 is 5.97 Å². The summed E-state index contributed by atoms with van der Waals surface area (Å²) in [6, 6.07) is 16.9. The smallest absolute Gasteiger partial charge is 0.306 e. The van der Waals surface area contributed by atoms with Crippen LogP contribution in [0.5, 0.6) is 17.2 Å². The van der Waals surface area contributed by atoms with Crippen LogP contribution in [0.25, 0.3) is 11.1 Å². The third-order valence-electron chi connectivity index (χ3n) is 9.06. The lowest BCUT2D eigenvalue weighted by atomic mass is 9.90. The van der Waals surface area contributed by atoms with E-state index in [-0.39, 0.29) is 23.0 Å². The maximum absolute atomic E-state index is 11.8. The van der Waals surface area contributed by atoms with Gasteiger partial charge in [0.2, 0.25) is 8.32 Å². The topological polar surface area (TPSA) is 54.0 Å². The largest absolute Gasteiger partial charge is 0.543 e. The minimum absolute atomic E-state index is 0.0208. The Balaban J connectivity index is 1.41. The maximum Gasteiger partial charge on any atom is 0.306 e. The van der Waals surface area contributed by atoms with Gasteiger partial charge in [-0.05, 0) is 90.3 Å². The molecule has 1 heterocycles. The van der Waals surface area contributed by atoms with E-state index < -0.39 is 8.32 Å². The zero-order valence-electron chi connectivity index (χ0n) is 25.1. The molecule has 2 unspecified atom stereocenters. The normalized spacial score (nSPS) is 18.1. The Hall–Kier alpha value is -3.25. The standard InChI is InChI=1S/C34H42O5Si/c1-21-12-16-29(39-40(7,8)34(3,4)5)22(2)33(21)28-11-9-10-27-26(28)15-17-30(27)38-24-13-14-25-23(18-32(35)36-6)20-37-31(25)19-24/h9-14,16,19,23,30H,15,17-18,20H2,1-8H3. The van der Waals surface area contributed by atoms with Crippen LogP contribution in [0.15, 0.2) is 48.5 Å². The molecule has 6 heteroatoms. The fourth-order valence-corrected chi connectivity index (χ4v) is 6.78. The molecule has 0 N–H and O–H groups in total. The second-order valence-electron chi connectivity index (χ2n) is 12.7. The molecule has 3 aromatic rings. The van der Waals surface area contributed by atoms with E-state index >= 15 is 0 Å². The summed E-state index contributed by atoms with van der Waals surface area (Å²) in [5.41, 5.74) is 8.67. The zero-order valence-corrected chi connectivity index (χ0v) is 26.1. The van der Waals surface area contributed by atoms with Crippen molar-refractivity contribution in [2.45, 2.75) is 84.0 Å². The van der Waals surface area contributed by atoms with E-state index in [1.807, 2.05) is 18.2 Å². The van der Waals surface area contributed by atoms with E-state index in [1.54, 1.807) is 0 Å². The number of carbonyl (C=O) groups excluding carboxylic acids is 1. The molecule has 2 aliphatic rings. The number of aryl methyl sites for hydroxylation is 1. The number of rotatable bonds is 7. The summed E-state index contributed by atoms with van der Waals surface area (Å²) < 4.78 is 24.1. The second-order valence-corrected chi connectivity index (χ2v) is 17.5. The number of hydrogen-bond donors (Lipinski definition) is 0. The van der Waals surface area contributed by atoms with E-state index in [4.69, 9.17) is 18.6 Å². The molecule has 0 amide bonds. The first-order chi connectivity index (χ1) is 18.9. The average molecular weight is 559 g/mol. The molecule has 0 fully saturated rings. The van der Waals surface area contributed by atoms with E-state index in [1.165, 1.54) is 40.5 Å². The molecule has 0 aromatic heterocycles. The number of carbonyl (C=O) groups is 1. The van der Waals surface area contributed by atoms with Crippen LogP contribution in [-0.4, -0.2) is 28.0 Å². The SMILES string of the molecule is COC(=O)CC1COc2cc(OC3CCc4c(-c5c(C)ccc(O[Si](C)(C)C(C)(C)C)c5C)cccc43)ccc21. The molecule has 5 nitrogen and oxygen atoms in total. The summed E-state index contributed by atoms with van der Waals surface area (Å²) in [5.74, 6) is 2.39. The fourth-order valence-electron chi connectivity index (χ4n) is 5.70. The van der Waals surface area contributed by atoms with Crippen LogP contribution in [-0.2, 0) is 16.0 Å². The summed E-state index contributed by atoms with van der Waals surface area (Å²) >= 11 is 0. The first kappa shape index (κ1) is 28.3. The van der Waals surface area contributed by atoms with Gasteiger partial charge in [-0.1, -0.05) is 51.1 Å². The van der Waals surface area contributed by atoms with Crippen LogP contribution in [0.3, 0.4) is 0 Å². The Morgan fingerprint density at radius 1 is 1.05 bits per heavy atom. The summed E-state index contributed by atoms with van der Waals surface area (Å²) in [6.45, 7) is 16.3. The molecule has 40 heavy (non-hydrogen) atoms. The molecule has 3 aromatic carbocycles. The number of benzene rings is 3. The van der Waals surface area contributed by atoms with Crippen molar-refractivity contribution in [1.82, 2.24) is 0 Å². The molecule has 0 bridgehead atoms. The Kier molecular flexibility index (Phi) is 7.51. The molecule has 0 spiro atoms. The first-order valence-corrected chi connectivity index (χ1v) is 17.2. The van der Waals surface area contributed by atoms with Gasteiger partial charge in [0.25, 0.3) is 0 Å². The van der Waals surface area contributed by atoms with Crippen LogP contribution in [0.2, 0.25) is 18.1 Å². The number of methoxy groups -OCH3 is 1. The molecule has 0 saturated heterocycles. The molecule has 212 valence electrons. The van der Waals surface area contributed by atoms with E-state index in [2.05, 4.69) is 78.0 Å². The minimum atomic E-state index is -1.97. The van der Waals surface area contributed by atoms with Crippen molar-refractivity contribution < 1.29 is 23.4 Å². The maximum atomic E-state index is 11.8. The quantitative estimate of drug-likeness (QED) is 0.215. The molecule has 0 radical (unpaired) electrons. The summed E-state index contributed by atoms with van der Waals surface area (Å²) in [5, 5.41) is 0.133. The molecule has 1 aliphatic carbocycles. The lowest BCUT2D eigenvalue weighted by molar-refractivity contribution is -0.141. The van der Waals surface area contributed by atoms with Crippen LogP contribution in [0, 0.1) is 13.8 Å².